The molecule has 6 heteroatoms. The minimum atomic E-state index is -0.0477. The van der Waals surface area contributed by atoms with Crippen molar-refractivity contribution in [2.45, 2.75) is 18.7 Å². The van der Waals surface area contributed by atoms with Gasteiger partial charge in [-0.2, -0.15) is 0 Å². The average molecular weight is 302 g/mol. The van der Waals surface area contributed by atoms with Crippen molar-refractivity contribution in [2.24, 2.45) is 0 Å². The van der Waals surface area contributed by atoms with Gasteiger partial charge >= 0.3 is 0 Å². The molecule has 4 heterocycles. The summed E-state index contributed by atoms with van der Waals surface area (Å²) in [5.41, 5.74) is 1.14. The second kappa shape index (κ2) is 5.62. The van der Waals surface area contributed by atoms with Crippen LogP contribution in [0.5, 0.6) is 0 Å². The predicted molar refractivity (Wildman–Crippen MR) is 77.3 cm³/mol. The molecule has 2 fully saturated rings. The van der Waals surface area contributed by atoms with Crippen LogP contribution in [0, 0.1) is 0 Å². The number of furan rings is 2. The zero-order valence-electron chi connectivity index (χ0n) is 12.2. The highest BCUT2D eigenvalue weighted by Gasteiger charge is 2.42. The molecule has 6 nitrogen and oxygen atoms in total. The number of morpholine rings is 1. The Kier molecular flexibility index (Phi) is 3.48. The maximum Gasteiger partial charge on any atom is 0.290 e. The van der Waals surface area contributed by atoms with Crippen molar-refractivity contribution < 1.29 is 18.4 Å². The number of hydrogen-bond donors (Lipinski definition) is 0. The van der Waals surface area contributed by atoms with E-state index in [1.807, 2.05) is 11.0 Å². The molecule has 0 radical (unpaired) electrons. The maximum absolute atomic E-state index is 12.6. The second-order valence-electron chi connectivity index (χ2n) is 5.78. The maximum atomic E-state index is 12.6. The highest BCUT2D eigenvalue weighted by atomic mass is 16.5. The summed E-state index contributed by atoms with van der Waals surface area (Å²) in [6.07, 6.45) is 5.04. The summed E-state index contributed by atoms with van der Waals surface area (Å²) >= 11 is 0. The first kappa shape index (κ1) is 13.6. The lowest BCUT2D eigenvalue weighted by molar-refractivity contribution is -0.0380. The van der Waals surface area contributed by atoms with E-state index < -0.39 is 0 Å². The lowest BCUT2D eigenvalue weighted by atomic mass is 10.1. The lowest BCUT2D eigenvalue weighted by Crippen LogP contribution is -2.53. The molecule has 22 heavy (non-hydrogen) atoms. The van der Waals surface area contributed by atoms with E-state index in [4.69, 9.17) is 13.6 Å². The first-order chi connectivity index (χ1) is 10.8. The normalized spacial score (nSPS) is 25.4. The van der Waals surface area contributed by atoms with E-state index in [1.165, 1.54) is 6.26 Å². The van der Waals surface area contributed by atoms with E-state index in [2.05, 4.69) is 4.90 Å². The summed E-state index contributed by atoms with van der Waals surface area (Å²) in [4.78, 5) is 16.8. The van der Waals surface area contributed by atoms with Crippen molar-refractivity contribution in [1.82, 2.24) is 9.80 Å². The van der Waals surface area contributed by atoms with Crippen LogP contribution in [0.1, 0.15) is 16.1 Å². The molecule has 0 bridgehead atoms. The third kappa shape index (κ3) is 2.44. The molecule has 116 valence electrons. The molecule has 2 aromatic heterocycles. The number of hydrogen-bond acceptors (Lipinski definition) is 5. The van der Waals surface area contributed by atoms with E-state index >= 15 is 0 Å². The summed E-state index contributed by atoms with van der Waals surface area (Å²) in [5, 5.41) is 0. The summed E-state index contributed by atoms with van der Waals surface area (Å²) in [5.74, 6) is 0.349. The number of amides is 1. The van der Waals surface area contributed by atoms with Crippen molar-refractivity contribution in [2.75, 3.05) is 26.2 Å². The van der Waals surface area contributed by atoms with Crippen LogP contribution in [-0.4, -0.2) is 54.1 Å². The largest absolute Gasteiger partial charge is 0.472 e. The number of rotatable bonds is 3. The van der Waals surface area contributed by atoms with E-state index in [1.54, 1.807) is 24.7 Å². The third-order valence-electron chi connectivity index (χ3n) is 4.36. The molecule has 0 N–H and O–H groups in total. The van der Waals surface area contributed by atoms with Gasteiger partial charge in [0.05, 0.1) is 37.5 Å². The Morgan fingerprint density at radius 2 is 2.23 bits per heavy atom. The Hall–Kier alpha value is -2.05. The quantitative estimate of drug-likeness (QED) is 0.862. The molecule has 0 saturated carbocycles. The fourth-order valence-corrected chi connectivity index (χ4v) is 3.33. The van der Waals surface area contributed by atoms with Crippen molar-refractivity contribution in [3.63, 3.8) is 0 Å². The molecule has 0 aliphatic carbocycles. The number of nitrogens with zero attached hydrogens (tertiary/aromatic N) is 2. The summed E-state index contributed by atoms with van der Waals surface area (Å²) in [6, 6.07) is 5.50. The molecule has 2 aliphatic rings. The van der Waals surface area contributed by atoms with Crippen molar-refractivity contribution in [3.8, 4) is 0 Å². The fraction of sp³-hybridized carbons (Fsp3) is 0.438. The molecule has 0 unspecified atom stereocenters. The van der Waals surface area contributed by atoms with Gasteiger partial charge in [0.25, 0.3) is 5.91 Å². The van der Waals surface area contributed by atoms with Crippen LogP contribution in [0.2, 0.25) is 0 Å². The first-order valence-corrected chi connectivity index (χ1v) is 7.51. The van der Waals surface area contributed by atoms with Gasteiger partial charge in [-0.3, -0.25) is 9.69 Å². The highest BCUT2D eigenvalue weighted by molar-refractivity contribution is 5.91. The summed E-state index contributed by atoms with van der Waals surface area (Å²) in [7, 11) is 0. The number of carbonyl (C=O) groups is 1. The number of fused-ring (bicyclic) bond motifs is 1. The van der Waals surface area contributed by atoms with Gasteiger partial charge in [-0.25, -0.2) is 0 Å². The van der Waals surface area contributed by atoms with Crippen LogP contribution in [0.25, 0.3) is 0 Å². The minimum absolute atomic E-state index is 0.0477. The fourth-order valence-electron chi connectivity index (χ4n) is 3.33. The molecule has 2 aromatic rings. The van der Waals surface area contributed by atoms with Crippen LogP contribution in [0.3, 0.4) is 0 Å². The molecule has 0 aromatic carbocycles. The number of carbonyl (C=O) groups excluding carboxylic acids is 1. The smallest absolute Gasteiger partial charge is 0.290 e. The number of ether oxygens (including phenoxy) is 1. The molecule has 2 aliphatic heterocycles. The van der Waals surface area contributed by atoms with Gasteiger partial charge in [-0.15, -0.1) is 0 Å². The molecule has 0 spiro atoms. The molecule has 2 saturated heterocycles. The molecular formula is C16H18N2O4. The van der Waals surface area contributed by atoms with Crippen molar-refractivity contribution in [3.05, 3.63) is 48.3 Å². The van der Waals surface area contributed by atoms with Crippen LogP contribution in [0.4, 0.5) is 0 Å². The topological polar surface area (TPSA) is 59.1 Å². The van der Waals surface area contributed by atoms with E-state index in [0.29, 0.717) is 18.9 Å². The Balaban J connectivity index is 1.48. The van der Waals surface area contributed by atoms with Gasteiger partial charge in [0.1, 0.15) is 0 Å². The Labute approximate surface area is 128 Å². The standard InChI is InChI=1S/C16H18N2O4/c19-16(14-2-1-5-21-14)18-4-7-22-15-10-17(9-13(15)18)8-12-3-6-20-11-12/h1-3,5-6,11,13,15H,4,7-10H2/t13-,15+/m0/s1. The van der Waals surface area contributed by atoms with Crippen LogP contribution in [-0.2, 0) is 11.3 Å². The van der Waals surface area contributed by atoms with E-state index in [0.717, 1.165) is 25.2 Å². The van der Waals surface area contributed by atoms with Gasteiger partial charge in [-0.05, 0) is 18.2 Å². The zero-order valence-corrected chi connectivity index (χ0v) is 12.2. The summed E-state index contributed by atoms with van der Waals surface area (Å²) in [6.45, 7) is 3.64. The second-order valence-corrected chi connectivity index (χ2v) is 5.78. The van der Waals surface area contributed by atoms with Gasteiger partial charge in [0, 0.05) is 31.7 Å². The highest BCUT2D eigenvalue weighted by Crippen LogP contribution is 2.25. The first-order valence-electron chi connectivity index (χ1n) is 7.51. The van der Waals surface area contributed by atoms with Crippen LogP contribution >= 0.6 is 0 Å². The molecular weight excluding hydrogens is 284 g/mol. The summed E-state index contributed by atoms with van der Waals surface area (Å²) < 4.78 is 16.2. The van der Waals surface area contributed by atoms with Gasteiger partial charge in [0.15, 0.2) is 5.76 Å². The predicted octanol–water partition coefficient (Wildman–Crippen LogP) is 1.60. The Morgan fingerprint density at radius 1 is 1.27 bits per heavy atom. The minimum Gasteiger partial charge on any atom is -0.472 e. The van der Waals surface area contributed by atoms with E-state index in [-0.39, 0.29) is 18.1 Å². The zero-order chi connectivity index (χ0) is 14.9. The average Bonchev–Trinajstić information content (AvgIpc) is 3.27. The Bertz CT molecular complexity index is 623. The number of likely N-dealkylation sites (tertiary alicyclic amines) is 1. The monoisotopic (exact) mass is 302 g/mol. The van der Waals surface area contributed by atoms with E-state index in [9.17, 15) is 4.79 Å². The lowest BCUT2D eigenvalue weighted by Gasteiger charge is -2.36. The van der Waals surface area contributed by atoms with Crippen LogP contribution in [0.15, 0.2) is 45.8 Å². The Morgan fingerprint density at radius 3 is 3.00 bits per heavy atom. The van der Waals surface area contributed by atoms with Crippen molar-refractivity contribution >= 4 is 5.91 Å². The molecule has 4 rings (SSSR count). The SMILES string of the molecule is O=C(c1ccco1)N1CCO[C@@H]2CN(Cc3ccoc3)C[C@@H]21. The molecule has 2 atom stereocenters. The van der Waals surface area contributed by atoms with Gasteiger partial charge in [-0.1, -0.05) is 0 Å². The third-order valence-corrected chi connectivity index (χ3v) is 4.36. The van der Waals surface area contributed by atoms with Gasteiger partial charge in [0.2, 0.25) is 0 Å². The molecule has 1 amide bonds. The van der Waals surface area contributed by atoms with Crippen molar-refractivity contribution in [1.29, 1.82) is 0 Å². The van der Waals surface area contributed by atoms with Crippen LogP contribution < -0.4 is 0 Å². The van der Waals surface area contributed by atoms with Gasteiger partial charge < -0.3 is 18.5 Å².